The van der Waals surface area contributed by atoms with Crippen molar-refractivity contribution in [2.45, 2.75) is 10.9 Å². The molecule has 0 saturated carbocycles. The van der Waals surface area contributed by atoms with E-state index in [0.717, 1.165) is 16.4 Å². The number of hydrogen-bond donors (Lipinski definition) is 1. The lowest BCUT2D eigenvalue weighted by Gasteiger charge is -2.30. The fourth-order valence-corrected chi connectivity index (χ4v) is 3.41. The van der Waals surface area contributed by atoms with Gasteiger partial charge in [-0.3, -0.25) is 0 Å². The summed E-state index contributed by atoms with van der Waals surface area (Å²) >= 11 is 0. The predicted molar refractivity (Wildman–Crippen MR) is 62.5 cm³/mol. The number of sulfonamides is 1. The molecule has 1 aromatic carbocycles. The Morgan fingerprint density at radius 3 is 2.74 bits per heavy atom. The average Bonchev–Trinajstić information content (AvgIpc) is 2.41. The summed E-state index contributed by atoms with van der Waals surface area (Å²) in [6.45, 7) is 0.722. The zero-order chi connectivity index (χ0) is 14.0. The minimum Gasteiger partial charge on any atom is -0.313 e. The first-order chi connectivity index (χ1) is 8.96. The van der Waals surface area contributed by atoms with Crippen LogP contribution in [0.5, 0.6) is 0 Å². The number of nitrogens with zero attached hydrogens (tertiary/aromatic N) is 2. The lowest BCUT2D eigenvalue weighted by Crippen LogP contribution is -2.52. The number of halogens is 2. The van der Waals surface area contributed by atoms with Crippen LogP contribution in [-0.2, 0) is 10.0 Å². The molecule has 1 N–H and O–H groups in total. The lowest BCUT2D eigenvalue weighted by molar-refractivity contribution is 0.311. The third-order valence-electron chi connectivity index (χ3n) is 2.84. The summed E-state index contributed by atoms with van der Waals surface area (Å²) in [4.78, 5) is -0.353. The van der Waals surface area contributed by atoms with Gasteiger partial charge in [-0.25, -0.2) is 17.2 Å². The van der Waals surface area contributed by atoms with Crippen molar-refractivity contribution in [1.29, 1.82) is 5.26 Å². The molecule has 1 unspecified atom stereocenters. The minimum atomic E-state index is -4.00. The van der Waals surface area contributed by atoms with Crippen LogP contribution in [0.3, 0.4) is 0 Å². The van der Waals surface area contributed by atoms with Gasteiger partial charge in [0.1, 0.15) is 6.04 Å². The molecule has 2 rings (SSSR count). The highest BCUT2D eigenvalue weighted by Gasteiger charge is 2.33. The molecule has 0 aliphatic carbocycles. The van der Waals surface area contributed by atoms with Crippen molar-refractivity contribution >= 4 is 10.0 Å². The molecule has 0 bridgehead atoms. The Balaban J connectivity index is 2.41. The fourth-order valence-electron chi connectivity index (χ4n) is 1.86. The van der Waals surface area contributed by atoms with Crippen LogP contribution >= 0.6 is 0 Å². The van der Waals surface area contributed by atoms with Crippen LogP contribution < -0.4 is 5.32 Å². The smallest absolute Gasteiger partial charge is 0.244 e. The van der Waals surface area contributed by atoms with E-state index >= 15 is 0 Å². The van der Waals surface area contributed by atoms with Crippen LogP contribution in [0.15, 0.2) is 23.1 Å². The van der Waals surface area contributed by atoms with E-state index in [1.165, 1.54) is 0 Å². The molecule has 1 fully saturated rings. The molecule has 1 saturated heterocycles. The molecule has 0 amide bonds. The number of hydrogen-bond acceptors (Lipinski definition) is 4. The fraction of sp³-hybridized carbons (Fsp3) is 0.364. The van der Waals surface area contributed by atoms with Crippen LogP contribution in [-0.4, -0.2) is 38.4 Å². The summed E-state index contributed by atoms with van der Waals surface area (Å²) in [5, 5.41) is 11.8. The van der Waals surface area contributed by atoms with Gasteiger partial charge in [0.2, 0.25) is 10.0 Å². The van der Waals surface area contributed by atoms with Crippen LogP contribution in [0, 0.1) is 23.0 Å². The molecule has 0 radical (unpaired) electrons. The maximum absolute atomic E-state index is 13.1. The second kappa shape index (κ2) is 5.21. The van der Waals surface area contributed by atoms with Crippen molar-refractivity contribution in [2.75, 3.05) is 19.6 Å². The van der Waals surface area contributed by atoms with E-state index in [-0.39, 0.29) is 18.0 Å². The van der Waals surface area contributed by atoms with E-state index in [1.807, 2.05) is 6.07 Å². The number of piperazine rings is 1. The van der Waals surface area contributed by atoms with Crippen LogP contribution in [0.25, 0.3) is 0 Å². The molecule has 5 nitrogen and oxygen atoms in total. The van der Waals surface area contributed by atoms with Gasteiger partial charge in [0, 0.05) is 19.6 Å². The second-order valence-electron chi connectivity index (χ2n) is 4.04. The molecule has 1 aromatic rings. The van der Waals surface area contributed by atoms with E-state index in [1.54, 1.807) is 0 Å². The molecule has 0 spiro atoms. The topological polar surface area (TPSA) is 73.2 Å². The molecule has 8 heteroatoms. The molecule has 0 aromatic heterocycles. The van der Waals surface area contributed by atoms with Crippen molar-refractivity contribution < 1.29 is 17.2 Å². The number of nitriles is 1. The third-order valence-corrected chi connectivity index (χ3v) is 4.75. The van der Waals surface area contributed by atoms with Crippen molar-refractivity contribution in [3.05, 3.63) is 29.8 Å². The quantitative estimate of drug-likeness (QED) is 0.857. The van der Waals surface area contributed by atoms with E-state index in [2.05, 4.69) is 5.32 Å². The standard InChI is InChI=1S/C11H11F2N3O2S/c12-10-2-1-9(5-11(10)13)19(17,18)16-4-3-15-7-8(16)6-14/h1-2,5,8,15H,3-4,7H2. The molecule has 102 valence electrons. The summed E-state index contributed by atoms with van der Waals surface area (Å²) in [6.07, 6.45) is 0. The minimum absolute atomic E-state index is 0.111. The van der Waals surface area contributed by atoms with E-state index in [0.29, 0.717) is 12.6 Å². The third kappa shape index (κ3) is 2.58. The first kappa shape index (κ1) is 13.9. The summed E-state index contributed by atoms with van der Waals surface area (Å²) in [7, 11) is -4.00. The Morgan fingerprint density at radius 2 is 2.11 bits per heavy atom. The van der Waals surface area contributed by atoms with Crippen molar-refractivity contribution in [1.82, 2.24) is 9.62 Å². The van der Waals surface area contributed by atoms with Gasteiger partial charge in [0.25, 0.3) is 0 Å². The Morgan fingerprint density at radius 1 is 1.37 bits per heavy atom. The molecular weight excluding hydrogens is 276 g/mol. The second-order valence-corrected chi connectivity index (χ2v) is 5.93. The first-order valence-electron chi connectivity index (χ1n) is 5.54. The Hall–Kier alpha value is -1.56. The van der Waals surface area contributed by atoms with E-state index < -0.39 is 27.7 Å². The van der Waals surface area contributed by atoms with Gasteiger partial charge >= 0.3 is 0 Å². The van der Waals surface area contributed by atoms with Crippen molar-refractivity contribution in [2.24, 2.45) is 0 Å². The van der Waals surface area contributed by atoms with Gasteiger partial charge in [0.15, 0.2) is 11.6 Å². The molecular formula is C11H11F2N3O2S. The zero-order valence-electron chi connectivity index (χ0n) is 9.81. The Bertz CT molecular complexity index is 627. The van der Waals surface area contributed by atoms with Crippen molar-refractivity contribution in [3.63, 3.8) is 0 Å². The molecule has 19 heavy (non-hydrogen) atoms. The average molecular weight is 287 g/mol. The normalized spacial score (nSPS) is 21.0. The summed E-state index contributed by atoms with van der Waals surface area (Å²) in [6, 6.07) is 3.39. The summed E-state index contributed by atoms with van der Waals surface area (Å²) in [5.74, 6) is -2.35. The number of nitrogens with one attached hydrogen (secondary N) is 1. The van der Waals surface area contributed by atoms with Gasteiger partial charge in [-0.1, -0.05) is 0 Å². The van der Waals surface area contributed by atoms with E-state index in [9.17, 15) is 17.2 Å². The van der Waals surface area contributed by atoms with Gasteiger partial charge in [0.05, 0.1) is 11.0 Å². The van der Waals surface area contributed by atoms with Crippen molar-refractivity contribution in [3.8, 4) is 6.07 Å². The molecule has 1 aliphatic heterocycles. The van der Waals surface area contributed by atoms with Crippen LogP contribution in [0.4, 0.5) is 8.78 Å². The lowest BCUT2D eigenvalue weighted by atomic mass is 10.3. The van der Waals surface area contributed by atoms with Gasteiger partial charge in [-0.15, -0.1) is 0 Å². The highest BCUT2D eigenvalue weighted by Crippen LogP contribution is 2.21. The maximum Gasteiger partial charge on any atom is 0.244 e. The zero-order valence-corrected chi connectivity index (χ0v) is 10.6. The Labute approximate surface area is 109 Å². The van der Waals surface area contributed by atoms with Crippen LogP contribution in [0.2, 0.25) is 0 Å². The number of benzene rings is 1. The summed E-state index contributed by atoms with van der Waals surface area (Å²) < 4.78 is 51.5. The van der Waals surface area contributed by atoms with Gasteiger partial charge in [-0.05, 0) is 18.2 Å². The molecule has 1 atom stereocenters. The maximum atomic E-state index is 13.1. The Kier molecular flexibility index (Phi) is 3.80. The first-order valence-corrected chi connectivity index (χ1v) is 6.98. The largest absolute Gasteiger partial charge is 0.313 e. The molecule has 1 heterocycles. The van der Waals surface area contributed by atoms with Gasteiger partial charge < -0.3 is 5.32 Å². The van der Waals surface area contributed by atoms with E-state index in [4.69, 9.17) is 5.26 Å². The van der Waals surface area contributed by atoms with Crippen LogP contribution in [0.1, 0.15) is 0 Å². The molecule has 1 aliphatic rings. The monoisotopic (exact) mass is 287 g/mol. The SMILES string of the molecule is N#CC1CNCCN1S(=O)(=O)c1ccc(F)c(F)c1. The highest BCUT2D eigenvalue weighted by atomic mass is 32.2. The van der Waals surface area contributed by atoms with Gasteiger partial charge in [-0.2, -0.15) is 9.57 Å². The highest BCUT2D eigenvalue weighted by molar-refractivity contribution is 7.89. The predicted octanol–water partition coefficient (Wildman–Crippen LogP) is 0.451. The summed E-state index contributed by atoms with van der Waals surface area (Å²) in [5.41, 5.74) is 0. The number of rotatable bonds is 2.